The van der Waals surface area contributed by atoms with Gasteiger partial charge < -0.3 is 10.1 Å². The van der Waals surface area contributed by atoms with Crippen molar-refractivity contribution in [2.24, 2.45) is 0 Å². The predicted molar refractivity (Wildman–Crippen MR) is 118 cm³/mol. The molecule has 0 radical (unpaired) electrons. The average Bonchev–Trinajstić information content (AvgIpc) is 2.75. The van der Waals surface area contributed by atoms with E-state index in [1.165, 1.54) is 0 Å². The van der Waals surface area contributed by atoms with Gasteiger partial charge in [-0.15, -0.1) is 11.8 Å². The lowest BCUT2D eigenvalue weighted by atomic mass is 9.99. The first-order valence-corrected chi connectivity index (χ1v) is 10.3. The summed E-state index contributed by atoms with van der Waals surface area (Å²) >= 11 is 1.60. The molecule has 0 saturated heterocycles. The minimum Gasteiger partial charge on any atom is -0.497 e. The third-order valence-corrected chi connectivity index (χ3v) is 5.40. The van der Waals surface area contributed by atoms with Crippen LogP contribution in [0.15, 0.2) is 77.7 Å². The van der Waals surface area contributed by atoms with Crippen molar-refractivity contribution < 1.29 is 14.3 Å². The van der Waals surface area contributed by atoms with E-state index in [9.17, 15) is 9.59 Å². The molecule has 0 aliphatic carbocycles. The number of anilines is 1. The maximum absolute atomic E-state index is 12.9. The zero-order valence-corrected chi connectivity index (χ0v) is 17.3. The van der Waals surface area contributed by atoms with E-state index in [0.29, 0.717) is 29.0 Å². The van der Waals surface area contributed by atoms with E-state index in [0.717, 1.165) is 16.2 Å². The van der Waals surface area contributed by atoms with Gasteiger partial charge in [0, 0.05) is 28.2 Å². The van der Waals surface area contributed by atoms with Crippen LogP contribution in [-0.2, 0) is 4.79 Å². The van der Waals surface area contributed by atoms with E-state index in [4.69, 9.17) is 4.74 Å². The zero-order chi connectivity index (χ0) is 20.6. The van der Waals surface area contributed by atoms with Crippen LogP contribution in [0.25, 0.3) is 0 Å². The first-order chi connectivity index (χ1) is 14.1. The summed E-state index contributed by atoms with van der Waals surface area (Å²) in [5.74, 6) is 1.24. The Balaban J connectivity index is 1.63. The van der Waals surface area contributed by atoms with Crippen LogP contribution in [0.5, 0.6) is 5.75 Å². The van der Waals surface area contributed by atoms with E-state index < -0.39 is 0 Å². The molecule has 1 amide bonds. The molecule has 4 nitrogen and oxygen atoms in total. The number of ketones is 1. The number of ether oxygens (including phenoxy) is 1. The van der Waals surface area contributed by atoms with E-state index in [1.807, 2.05) is 61.5 Å². The number of carbonyl (C=O) groups excluding carboxylic acids is 2. The molecule has 0 aliphatic heterocycles. The lowest BCUT2D eigenvalue weighted by Gasteiger charge is -2.12. The molecule has 0 bridgehead atoms. The van der Waals surface area contributed by atoms with E-state index in [1.54, 1.807) is 37.1 Å². The van der Waals surface area contributed by atoms with Crippen molar-refractivity contribution in [3.05, 3.63) is 89.5 Å². The standard InChI is InChI=1S/C24H23NO3S/c1-17-8-13-22(21(16-17)24(27)18-6-4-3-5-7-18)25-23(26)14-15-29-20-11-9-19(28-2)10-12-20/h3-13,16H,14-15H2,1-2H3,(H,25,26). The van der Waals surface area contributed by atoms with Gasteiger partial charge in [-0.05, 0) is 43.3 Å². The van der Waals surface area contributed by atoms with Crippen molar-refractivity contribution in [2.45, 2.75) is 18.2 Å². The highest BCUT2D eigenvalue weighted by atomic mass is 32.2. The highest BCUT2D eigenvalue weighted by molar-refractivity contribution is 7.99. The Labute approximate surface area is 175 Å². The van der Waals surface area contributed by atoms with Crippen LogP contribution in [0.4, 0.5) is 5.69 Å². The molecule has 0 spiro atoms. The molecular formula is C24H23NO3S. The van der Waals surface area contributed by atoms with Gasteiger partial charge in [0.15, 0.2) is 5.78 Å². The average molecular weight is 406 g/mol. The largest absolute Gasteiger partial charge is 0.497 e. The molecular weight excluding hydrogens is 382 g/mol. The molecule has 0 aliphatic rings. The van der Waals surface area contributed by atoms with E-state index >= 15 is 0 Å². The van der Waals surface area contributed by atoms with Gasteiger partial charge in [0.1, 0.15) is 5.75 Å². The topological polar surface area (TPSA) is 55.4 Å². The van der Waals surface area contributed by atoms with Gasteiger partial charge in [0.25, 0.3) is 0 Å². The fraction of sp³-hybridized carbons (Fsp3) is 0.167. The summed E-state index contributed by atoms with van der Waals surface area (Å²) in [4.78, 5) is 26.4. The summed E-state index contributed by atoms with van der Waals surface area (Å²) in [6.45, 7) is 1.93. The number of hydrogen-bond acceptors (Lipinski definition) is 4. The Morgan fingerprint density at radius 2 is 1.69 bits per heavy atom. The first-order valence-electron chi connectivity index (χ1n) is 9.34. The normalized spacial score (nSPS) is 10.4. The van der Waals surface area contributed by atoms with Gasteiger partial charge in [0.05, 0.1) is 12.8 Å². The third-order valence-electron chi connectivity index (χ3n) is 4.39. The molecule has 3 aromatic rings. The van der Waals surface area contributed by atoms with Crippen molar-refractivity contribution in [1.82, 2.24) is 0 Å². The van der Waals surface area contributed by atoms with E-state index in [-0.39, 0.29) is 11.7 Å². The number of amides is 1. The molecule has 3 rings (SSSR count). The molecule has 0 fully saturated rings. The number of rotatable bonds is 8. The van der Waals surface area contributed by atoms with Crippen LogP contribution in [0, 0.1) is 6.92 Å². The van der Waals surface area contributed by atoms with Gasteiger partial charge in [-0.3, -0.25) is 9.59 Å². The highest BCUT2D eigenvalue weighted by Gasteiger charge is 2.15. The Hall–Kier alpha value is -3.05. The summed E-state index contributed by atoms with van der Waals surface area (Å²) in [5, 5.41) is 2.90. The van der Waals surface area contributed by atoms with Crippen LogP contribution < -0.4 is 10.1 Å². The molecule has 1 N–H and O–H groups in total. The Morgan fingerprint density at radius 1 is 0.966 bits per heavy atom. The van der Waals surface area contributed by atoms with Crippen LogP contribution in [-0.4, -0.2) is 24.6 Å². The summed E-state index contributed by atoms with van der Waals surface area (Å²) in [5.41, 5.74) is 2.62. The number of nitrogens with one attached hydrogen (secondary N) is 1. The number of methoxy groups -OCH3 is 1. The molecule has 5 heteroatoms. The predicted octanol–water partition coefficient (Wildman–Crippen LogP) is 5.36. The van der Waals surface area contributed by atoms with Crippen molar-refractivity contribution >= 4 is 29.1 Å². The summed E-state index contributed by atoms with van der Waals surface area (Å²) in [6.07, 6.45) is 0.351. The Morgan fingerprint density at radius 3 is 2.38 bits per heavy atom. The quantitative estimate of drug-likeness (QED) is 0.405. The molecule has 0 unspecified atom stereocenters. The summed E-state index contributed by atoms with van der Waals surface area (Å²) < 4.78 is 5.15. The Bertz CT molecular complexity index is 985. The second-order valence-corrected chi connectivity index (χ2v) is 7.73. The lowest BCUT2D eigenvalue weighted by molar-refractivity contribution is -0.115. The number of hydrogen-bond donors (Lipinski definition) is 1. The highest BCUT2D eigenvalue weighted by Crippen LogP contribution is 2.24. The lowest BCUT2D eigenvalue weighted by Crippen LogP contribution is -2.15. The van der Waals surface area contributed by atoms with Crippen LogP contribution in [0.1, 0.15) is 27.9 Å². The van der Waals surface area contributed by atoms with Gasteiger partial charge >= 0.3 is 0 Å². The van der Waals surface area contributed by atoms with Gasteiger partial charge in [-0.25, -0.2) is 0 Å². The third kappa shape index (κ3) is 5.72. The van der Waals surface area contributed by atoms with Crippen molar-refractivity contribution in [3.63, 3.8) is 0 Å². The summed E-state index contributed by atoms with van der Waals surface area (Å²) in [7, 11) is 1.63. The first kappa shape index (κ1) is 20.7. The second-order valence-electron chi connectivity index (χ2n) is 6.57. The zero-order valence-electron chi connectivity index (χ0n) is 16.5. The van der Waals surface area contributed by atoms with Crippen LogP contribution in [0.2, 0.25) is 0 Å². The minimum absolute atomic E-state index is 0.0998. The fourth-order valence-electron chi connectivity index (χ4n) is 2.85. The number of aryl methyl sites for hydroxylation is 1. The van der Waals surface area contributed by atoms with Gasteiger partial charge in [0.2, 0.25) is 5.91 Å². The second kappa shape index (κ2) is 9.94. The molecule has 3 aromatic carbocycles. The smallest absolute Gasteiger partial charge is 0.225 e. The maximum atomic E-state index is 12.9. The summed E-state index contributed by atoms with van der Waals surface area (Å²) in [6, 6.07) is 22.3. The molecule has 0 atom stereocenters. The number of thioether (sulfide) groups is 1. The minimum atomic E-state index is -0.114. The van der Waals surface area contributed by atoms with Crippen LogP contribution in [0.3, 0.4) is 0 Å². The fourth-order valence-corrected chi connectivity index (χ4v) is 3.70. The van der Waals surface area contributed by atoms with Crippen molar-refractivity contribution in [1.29, 1.82) is 0 Å². The van der Waals surface area contributed by atoms with Crippen molar-refractivity contribution in [2.75, 3.05) is 18.2 Å². The Kier molecular flexibility index (Phi) is 7.09. The molecule has 0 aromatic heterocycles. The molecule has 148 valence electrons. The molecule has 0 heterocycles. The SMILES string of the molecule is COc1ccc(SCCC(=O)Nc2ccc(C)cc2C(=O)c2ccccc2)cc1. The molecule has 0 saturated carbocycles. The van der Waals surface area contributed by atoms with Crippen molar-refractivity contribution in [3.8, 4) is 5.75 Å². The van der Waals surface area contributed by atoms with Crippen LogP contribution >= 0.6 is 11.8 Å². The van der Waals surface area contributed by atoms with E-state index in [2.05, 4.69) is 5.32 Å². The number of benzene rings is 3. The van der Waals surface area contributed by atoms with Gasteiger partial charge in [-0.1, -0.05) is 42.0 Å². The molecule has 29 heavy (non-hydrogen) atoms. The number of carbonyl (C=O) groups is 2. The monoisotopic (exact) mass is 405 g/mol. The maximum Gasteiger partial charge on any atom is 0.225 e. The van der Waals surface area contributed by atoms with Gasteiger partial charge in [-0.2, -0.15) is 0 Å².